The second-order valence-electron chi connectivity index (χ2n) is 4.20. The molecular weight excluding hydrogens is 220 g/mol. The van der Waals surface area contributed by atoms with E-state index in [0.29, 0.717) is 5.92 Å². The molecule has 0 fully saturated rings. The molecule has 84 valence electrons. The quantitative estimate of drug-likeness (QED) is 0.314. The number of rotatable bonds is 3. The van der Waals surface area contributed by atoms with Gasteiger partial charge in [-0.2, -0.15) is 10.2 Å². The zero-order valence-corrected chi connectivity index (χ0v) is 10.1. The molecule has 0 aromatic heterocycles. The van der Waals surface area contributed by atoms with Crippen LogP contribution in [0.5, 0.6) is 0 Å². The lowest BCUT2D eigenvalue weighted by atomic mass is 9.99. The maximum Gasteiger partial charge on any atom is 0.155 e. The fourth-order valence-corrected chi connectivity index (χ4v) is 2.00. The van der Waals surface area contributed by atoms with Crippen LogP contribution in [0.15, 0.2) is 52.7 Å². The molecule has 2 rings (SSSR count). The van der Waals surface area contributed by atoms with Crippen LogP contribution in [0.2, 0.25) is 0 Å². The fraction of sp³-hybridized carbons (Fsp3) is 0.385. The van der Waals surface area contributed by atoms with E-state index in [2.05, 4.69) is 22.4 Å². The predicted molar refractivity (Wildman–Crippen MR) is 67.1 cm³/mol. The van der Waals surface area contributed by atoms with Crippen LogP contribution < -0.4 is 0 Å². The summed E-state index contributed by atoms with van der Waals surface area (Å²) in [6.07, 6.45) is 6.30. The lowest BCUT2D eigenvalue weighted by Crippen LogP contribution is -2.23. The summed E-state index contributed by atoms with van der Waals surface area (Å²) in [7, 11) is 0. The molecule has 0 saturated heterocycles. The molecule has 1 aromatic carbocycles. The van der Waals surface area contributed by atoms with Crippen molar-refractivity contribution in [3.8, 4) is 0 Å². The van der Waals surface area contributed by atoms with Crippen molar-refractivity contribution in [2.45, 2.75) is 24.8 Å². The molecule has 0 saturated carbocycles. The summed E-state index contributed by atoms with van der Waals surface area (Å²) in [6, 6.07) is 9.68. The molecular formula is C13H15ClN2. The van der Waals surface area contributed by atoms with Gasteiger partial charge in [-0.15, -0.1) is 0 Å². The van der Waals surface area contributed by atoms with Crippen molar-refractivity contribution in [3.63, 3.8) is 0 Å². The third-order valence-electron chi connectivity index (χ3n) is 2.87. The number of azo groups is 1. The number of hydrogen-bond donors (Lipinski definition) is 0. The van der Waals surface area contributed by atoms with Gasteiger partial charge in [0.2, 0.25) is 0 Å². The highest BCUT2D eigenvalue weighted by atomic mass is 35.5. The maximum absolute atomic E-state index is 6.39. The fourth-order valence-electron chi connectivity index (χ4n) is 1.78. The van der Waals surface area contributed by atoms with E-state index in [1.165, 1.54) is 0 Å². The molecule has 0 radical (unpaired) electrons. The SMILES string of the molecule is CC(Cl)(N=Nc1ccccc1)C1CC=CC1. The summed E-state index contributed by atoms with van der Waals surface area (Å²) in [5.74, 6) is 0.363. The molecule has 1 aliphatic rings. The molecule has 1 atom stereocenters. The van der Waals surface area contributed by atoms with Gasteiger partial charge in [-0.05, 0) is 31.9 Å². The normalized spacial score (nSPS) is 20.4. The van der Waals surface area contributed by atoms with Crippen molar-refractivity contribution in [2.24, 2.45) is 16.1 Å². The minimum absolute atomic E-state index is 0.363. The summed E-state index contributed by atoms with van der Waals surface area (Å²) in [5.41, 5.74) is 0.848. The Bertz CT molecular complexity index is 388. The van der Waals surface area contributed by atoms with Gasteiger partial charge in [0.1, 0.15) is 0 Å². The van der Waals surface area contributed by atoms with E-state index in [9.17, 15) is 0 Å². The molecule has 1 unspecified atom stereocenters. The van der Waals surface area contributed by atoms with Gasteiger partial charge in [-0.25, -0.2) is 0 Å². The number of hydrogen-bond acceptors (Lipinski definition) is 2. The van der Waals surface area contributed by atoms with E-state index in [0.717, 1.165) is 18.5 Å². The first-order valence-electron chi connectivity index (χ1n) is 5.50. The van der Waals surface area contributed by atoms with E-state index < -0.39 is 5.00 Å². The van der Waals surface area contributed by atoms with Crippen molar-refractivity contribution in [1.82, 2.24) is 0 Å². The van der Waals surface area contributed by atoms with Crippen molar-refractivity contribution in [2.75, 3.05) is 0 Å². The van der Waals surface area contributed by atoms with Crippen molar-refractivity contribution >= 4 is 17.3 Å². The Labute approximate surface area is 101 Å². The highest BCUT2D eigenvalue weighted by Crippen LogP contribution is 2.36. The third-order valence-corrected chi connectivity index (χ3v) is 3.25. The summed E-state index contributed by atoms with van der Waals surface area (Å²) >= 11 is 6.39. The molecule has 1 aromatic rings. The molecule has 0 aliphatic heterocycles. The predicted octanol–water partition coefficient (Wildman–Crippen LogP) is 4.69. The first-order valence-corrected chi connectivity index (χ1v) is 5.88. The summed E-state index contributed by atoms with van der Waals surface area (Å²) in [5, 5.41) is 8.45. The van der Waals surface area contributed by atoms with E-state index >= 15 is 0 Å². The van der Waals surface area contributed by atoms with Crippen molar-refractivity contribution < 1.29 is 0 Å². The summed E-state index contributed by atoms with van der Waals surface area (Å²) in [6.45, 7) is 1.93. The van der Waals surface area contributed by atoms with Gasteiger partial charge < -0.3 is 0 Å². The van der Waals surface area contributed by atoms with Gasteiger partial charge in [0.25, 0.3) is 0 Å². The Hall–Kier alpha value is -1.15. The highest BCUT2D eigenvalue weighted by Gasteiger charge is 2.32. The maximum atomic E-state index is 6.39. The van der Waals surface area contributed by atoms with Gasteiger partial charge in [0.05, 0.1) is 5.69 Å². The van der Waals surface area contributed by atoms with Crippen LogP contribution in [-0.4, -0.2) is 5.00 Å². The number of halogens is 1. The van der Waals surface area contributed by atoms with Crippen LogP contribution >= 0.6 is 11.6 Å². The molecule has 0 heterocycles. The van der Waals surface area contributed by atoms with E-state index in [1.54, 1.807) is 0 Å². The Morgan fingerprint density at radius 1 is 1.19 bits per heavy atom. The lowest BCUT2D eigenvalue weighted by Gasteiger charge is -2.22. The van der Waals surface area contributed by atoms with E-state index in [1.807, 2.05) is 37.3 Å². The minimum Gasteiger partial charge on any atom is -0.166 e. The first kappa shape index (κ1) is 11.3. The molecule has 0 bridgehead atoms. The number of allylic oxidation sites excluding steroid dienone is 2. The Morgan fingerprint density at radius 3 is 2.44 bits per heavy atom. The first-order chi connectivity index (χ1) is 7.68. The Morgan fingerprint density at radius 2 is 1.81 bits per heavy atom. The van der Waals surface area contributed by atoms with Crippen LogP contribution in [0.4, 0.5) is 5.69 Å². The monoisotopic (exact) mass is 234 g/mol. The lowest BCUT2D eigenvalue weighted by molar-refractivity contribution is 0.413. The van der Waals surface area contributed by atoms with E-state index in [-0.39, 0.29) is 0 Å². The zero-order chi connectivity index (χ0) is 11.4. The number of alkyl halides is 1. The van der Waals surface area contributed by atoms with Crippen molar-refractivity contribution in [3.05, 3.63) is 42.5 Å². The molecule has 0 spiro atoms. The Kier molecular flexibility index (Phi) is 3.39. The standard InChI is InChI=1S/C13H15ClN2/c1-13(14,11-7-5-6-8-11)16-15-12-9-3-2-4-10-12/h2-6,9-11H,7-8H2,1H3. The second-order valence-corrected chi connectivity index (χ2v) is 4.96. The van der Waals surface area contributed by atoms with Gasteiger partial charge >= 0.3 is 0 Å². The molecule has 0 amide bonds. The third kappa shape index (κ3) is 2.70. The second kappa shape index (κ2) is 4.79. The van der Waals surface area contributed by atoms with Crippen molar-refractivity contribution in [1.29, 1.82) is 0 Å². The van der Waals surface area contributed by atoms with Gasteiger partial charge in [0.15, 0.2) is 5.00 Å². The van der Waals surface area contributed by atoms with Crippen LogP contribution in [0.3, 0.4) is 0 Å². The Balaban J connectivity index is 2.05. The molecule has 16 heavy (non-hydrogen) atoms. The number of benzene rings is 1. The van der Waals surface area contributed by atoms with Gasteiger partial charge in [-0.3, -0.25) is 0 Å². The van der Waals surface area contributed by atoms with Crippen LogP contribution in [-0.2, 0) is 0 Å². The molecule has 1 aliphatic carbocycles. The van der Waals surface area contributed by atoms with Crippen LogP contribution in [0.25, 0.3) is 0 Å². The van der Waals surface area contributed by atoms with E-state index in [4.69, 9.17) is 11.6 Å². The molecule has 3 heteroatoms. The average Bonchev–Trinajstić information content (AvgIpc) is 2.82. The summed E-state index contributed by atoms with van der Waals surface area (Å²) in [4.78, 5) is -0.598. The smallest absolute Gasteiger partial charge is 0.155 e. The zero-order valence-electron chi connectivity index (χ0n) is 9.31. The average molecular weight is 235 g/mol. The largest absolute Gasteiger partial charge is 0.166 e. The van der Waals surface area contributed by atoms with Gasteiger partial charge in [0, 0.05) is 5.92 Å². The van der Waals surface area contributed by atoms with Gasteiger partial charge in [-0.1, -0.05) is 42.0 Å². The summed E-state index contributed by atoms with van der Waals surface area (Å²) < 4.78 is 0. The highest BCUT2D eigenvalue weighted by molar-refractivity contribution is 6.23. The topological polar surface area (TPSA) is 24.7 Å². The van der Waals surface area contributed by atoms with Crippen LogP contribution in [0.1, 0.15) is 19.8 Å². The minimum atomic E-state index is -0.598. The molecule has 0 N–H and O–H groups in total. The number of nitrogens with zero attached hydrogens (tertiary/aromatic N) is 2. The van der Waals surface area contributed by atoms with Crippen LogP contribution in [0, 0.1) is 5.92 Å². The molecule has 2 nitrogen and oxygen atoms in total.